The van der Waals surface area contributed by atoms with Gasteiger partial charge in [0.2, 0.25) is 0 Å². The van der Waals surface area contributed by atoms with E-state index in [0.717, 1.165) is 18.9 Å². The Bertz CT molecular complexity index is 1320. The first-order valence-electron chi connectivity index (χ1n) is 11.8. The van der Waals surface area contributed by atoms with E-state index in [4.69, 9.17) is 43.8 Å². The zero-order valence-electron chi connectivity index (χ0n) is 20.2. The molecule has 0 bridgehead atoms. The predicted octanol–water partition coefficient (Wildman–Crippen LogP) is 4.64. The van der Waals surface area contributed by atoms with Crippen LogP contribution in [0.1, 0.15) is 23.6 Å². The van der Waals surface area contributed by atoms with Crippen LogP contribution in [0.2, 0.25) is 10.0 Å². The van der Waals surface area contributed by atoms with Crippen LogP contribution in [0, 0.1) is 10.8 Å². The Morgan fingerprint density at radius 1 is 1.11 bits per heavy atom. The van der Waals surface area contributed by atoms with Crippen molar-refractivity contribution in [2.75, 3.05) is 43.4 Å². The third-order valence-corrected chi connectivity index (χ3v) is 7.27. The zero-order chi connectivity index (χ0) is 26.2. The quantitative estimate of drug-likeness (QED) is 0.331. The highest BCUT2D eigenvalue weighted by Gasteiger charge is 2.54. The third kappa shape index (κ3) is 5.01. The lowest BCUT2D eigenvalue weighted by Crippen LogP contribution is -2.73. The van der Waals surface area contributed by atoms with Crippen molar-refractivity contribution in [1.29, 1.82) is 5.41 Å². The van der Waals surface area contributed by atoms with Crippen LogP contribution in [0.25, 0.3) is 0 Å². The lowest BCUT2D eigenvalue weighted by molar-refractivity contribution is -0.0196. The maximum Gasteiger partial charge on any atom is 0.409 e. The summed E-state index contributed by atoms with van der Waals surface area (Å²) in [6, 6.07) is 8.93. The van der Waals surface area contributed by atoms with Gasteiger partial charge in [-0.15, -0.1) is 0 Å². The van der Waals surface area contributed by atoms with Crippen LogP contribution in [-0.2, 0) is 11.3 Å². The summed E-state index contributed by atoms with van der Waals surface area (Å²) in [5.74, 6) is 1.37. The summed E-state index contributed by atoms with van der Waals surface area (Å²) in [5.41, 5.74) is 8.82. The molecule has 4 heterocycles. The van der Waals surface area contributed by atoms with Crippen molar-refractivity contribution in [1.82, 2.24) is 14.9 Å². The smallest absolute Gasteiger partial charge is 0.409 e. The molecule has 9 nitrogen and oxygen atoms in total. The second kappa shape index (κ2) is 10.1. The van der Waals surface area contributed by atoms with E-state index in [0.29, 0.717) is 57.9 Å². The summed E-state index contributed by atoms with van der Waals surface area (Å²) >= 11 is 12.4. The minimum atomic E-state index is -0.244. The summed E-state index contributed by atoms with van der Waals surface area (Å²) in [6.07, 6.45) is 4.46. The van der Waals surface area contributed by atoms with Crippen molar-refractivity contribution in [3.8, 4) is 5.75 Å². The van der Waals surface area contributed by atoms with Gasteiger partial charge in [0, 0.05) is 72.6 Å². The van der Waals surface area contributed by atoms with Gasteiger partial charge in [-0.25, -0.2) is 9.78 Å². The van der Waals surface area contributed by atoms with Crippen molar-refractivity contribution < 1.29 is 14.3 Å². The number of ether oxygens (including phenoxy) is 2. The Morgan fingerprint density at radius 3 is 2.49 bits per heavy atom. The molecule has 0 aliphatic carbocycles. The molecular weight excluding hydrogens is 515 g/mol. The maximum absolute atomic E-state index is 11.8. The number of rotatable bonds is 7. The van der Waals surface area contributed by atoms with E-state index in [2.05, 4.69) is 14.9 Å². The Hall–Kier alpha value is -3.56. The summed E-state index contributed by atoms with van der Waals surface area (Å²) in [7, 11) is 0. The number of pyridine rings is 2. The van der Waals surface area contributed by atoms with Gasteiger partial charge >= 0.3 is 6.09 Å². The molecular formula is C26H26Cl2N6O3. The highest BCUT2D eigenvalue weighted by molar-refractivity contribution is 6.35. The topological polar surface area (TPSA) is 118 Å². The number of likely N-dealkylation sites (tertiary alicyclic amines) is 1. The molecule has 0 unspecified atom stereocenters. The number of nitrogen functional groups attached to an aromatic ring is 1. The van der Waals surface area contributed by atoms with Gasteiger partial charge in [0.05, 0.1) is 22.4 Å². The normalized spacial score (nSPS) is 15.6. The van der Waals surface area contributed by atoms with Crippen LogP contribution >= 0.6 is 23.2 Å². The number of halogens is 2. The molecule has 5 rings (SSSR count). The van der Waals surface area contributed by atoms with E-state index < -0.39 is 0 Å². The standard InChI is InChI=1S/C26H26Cl2N6O3/c1-2-36-25(35)34-14-26(15-34)12-33(13-26)23-6-3-16(8-32-23)24(30)18-7-17(4-5-22(18)29)37-11-19-20(27)9-31-10-21(19)28/h3-10,30H,2,11-15,29H2,1H3. The molecule has 1 amide bonds. The third-order valence-electron chi connectivity index (χ3n) is 6.62. The van der Waals surface area contributed by atoms with Crippen molar-refractivity contribution in [3.05, 3.63) is 75.7 Å². The molecule has 37 heavy (non-hydrogen) atoms. The van der Waals surface area contributed by atoms with Crippen LogP contribution < -0.4 is 15.4 Å². The van der Waals surface area contributed by atoms with Crippen molar-refractivity contribution in [2.45, 2.75) is 13.5 Å². The molecule has 1 spiro atoms. The molecule has 2 aliphatic rings. The Morgan fingerprint density at radius 2 is 1.84 bits per heavy atom. The highest BCUT2D eigenvalue weighted by Crippen LogP contribution is 2.41. The number of amides is 1. The maximum atomic E-state index is 11.8. The van der Waals surface area contributed by atoms with Gasteiger partial charge in [-0.3, -0.25) is 10.4 Å². The van der Waals surface area contributed by atoms with E-state index in [1.807, 2.05) is 19.1 Å². The number of nitrogens with two attached hydrogens (primary N) is 1. The molecule has 2 aliphatic heterocycles. The van der Waals surface area contributed by atoms with Crippen molar-refractivity contribution in [3.63, 3.8) is 0 Å². The number of hydrogen-bond donors (Lipinski definition) is 2. The largest absolute Gasteiger partial charge is 0.489 e. The monoisotopic (exact) mass is 540 g/mol. The van der Waals surface area contributed by atoms with Gasteiger partial charge < -0.3 is 25.0 Å². The molecule has 2 fully saturated rings. The summed E-state index contributed by atoms with van der Waals surface area (Å²) in [6.45, 7) is 5.45. The predicted molar refractivity (Wildman–Crippen MR) is 143 cm³/mol. The number of nitrogens with one attached hydrogen (secondary N) is 1. The molecule has 1 aromatic carbocycles. The Kier molecular flexibility index (Phi) is 6.83. The Labute approximate surface area is 224 Å². The molecule has 3 aromatic rings. The summed E-state index contributed by atoms with van der Waals surface area (Å²) in [5, 5.41) is 9.56. The highest BCUT2D eigenvalue weighted by atomic mass is 35.5. The van der Waals surface area contributed by atoms with Crippen molar-refractivity contribution >= 4 is 46.5 Å². The van der Waals surface area contributed by atoms with E-state index in [9.17, 15) is 4.79 Å². The lowest BCUT2D eigenvalue weighted by atomic mass is 9.73. The van der Waals surface area contributed by atoms with E-state index >= 15 is 0 Å². The van der Waals surface area contributed by atoms with E-state index in [-0.39, 0.29) is 23.8 Å². The number of carbonyl (C=O) groups excluding carboxylic acids is 1. The van der Waals surface area contributed by atoms with Crippen LogP contribution in [0.15, 0.2) is 48.9 Å². The average Bonchev–Trinajstić information content (AvgIpc) is 2.83. The van der Waals surface area contributed by atoms with Crippen LogP contribution in [0.3, 0.4) is 0 Å². The first kappa shape index (κ1) is 25.1. The van der Waals surface area contributed by atoms with E-state index in [1.54, 1.807) is 29.3 Å². The second-order valence-electron chi connectivity index (χ2n) is 9.31. The number of carbonyl (C=O) groups is 1. The fourth-order valence-electron chi connectivity index (χ4n) is 4.68. The van der Waals surface area contributed by atoms with Crippen LogP contribution in [-0.4, -0.2) is 59.5 Å². The zero-order valence-corrected chi connectivity index (χ0v) is 21.7. The molecule has 0 radical (unpaired) electrons. The first-order chi connectivity index (χ1) is 17.8. The van der Waals surface area contributed by atoms with Gasteiger partial charge in [0.1, 0.15) is 18.2 Å². The average molecular weight is 541 g/mol. The van der Waals surface area contributed by atoms with Crippen LogP contribution in [0.5, 0.6) is 5.75 Å². The molecule has 0 saturated carbocycles. The fraction of sp³-hybridized carbons (Fsp3) is 0.308. The Balaban J connectivity index is 1.21. The summed E-state index contributed by atoms with van der Waals surface area (Å²) < 4.78 is 10.9. The van der Waals surface area contributed by atoms with Gasteiger partial charge in [0.25, 0.3) is 0 Å². The summed E-state index contributed by atoms with van der Waals surface area (Å²) in [4.78, 5) is 24.3. The minimum absolute atomic E-state index is 0.124. The number of aromatic nitrogens is 2. The molecule has 3 N–H and O–H groups in total. The van der Waals surface area contributed by atoms with Gasteiger partial charge in [-0.2, -0.15) is 0 Å². The van der Waals surface area contributed by atoms with E-state index in [1.165, 1.54) is 12.4 Å². The molecule has 2 aromatic heterocycles. The number of hydrogen-bond acceptors (Lipinski definition) is 8. The number of nitrogens with zero attached hydrogens (tertiary/aromatic N) is 4. The van der Waals surface area contributed by atoms with Gasteiger partial charge in [0.15, 0.2) is 0 Å². The second-order valence-corrected chi connectivity index (χ2v) is 10.1. The lowest BCUT2D eigenvalue weighted by Gasteiger charge is -2.59. The number of anilines is 2. The fourth-order valence-corrected chi connectivity index (χ4v) is 5.16. The SMILES string of the molecule is CCOC(=O)N1CC2(C1)CN(c1ccc(C(=N)c3cc(OCc4c(Cl)cncc4Cl)ccc3N)cn1)C2. The molecule has 0 atom stereocenters. The van der Waals surface area contributed by atoms with Gasteiger partial charge in [-0.1, -0.05) is 23.2 Å². The molecule has 192 valence electrons. The van der Waals surface area contributed by atoms with Gasteiger partial charge in [-0.05, 0) is 37.3 Å². The first-order valence-corrected chi connectivity index (χ1v) is 12.6. The molecule has 11 heteroatoms. The molecule has 2 saturated heterocycles. The van der Waals surface area contributed by atoms with Crippen molar-refractivity contribution in [2.24, 2.45) is 5.41 Å². The van der Waals surface area contributed by atoms with Crippen LogP contribution in [0.4, 0.5) is 16.3 Å². The number of benzene rings is 1. The minimum Gasteiger partial charge on any atom is -0.489 e.